The summed E-state index contributed by atoms with van der Waals surface area (Å²) in [5, 5.41) is 16.2. The van der Waals surface area contributed by atoms with Crippen LogP contribution in [0.3, 0.4) is 0 Å². The summed E-state index contributed by atoms with van der Waals surface area (Å²) in [6.45, 7) is 5.03. The zero-order valence-electron chi connectivity index (χ0n) is 10.8. The molecule has 7 heteroatoms. The molecule has 0 aliphatic carbocycles. The van der Waals surface area contributed by atoms with Gasteiger partial charge in [0.15, 0.2) is 5.82 Å². The Morgan fingerprint density at radius 1 is 1.37 bits per heavy atom. The normalized spacial score (nSPS) is 12.6. The minimum absolute atomic E-state index is 0.0432. The Kier molecular flexibility index (Phi) is 4.74. The average molecular weight is 300 g/mol. The number of nitrogens with zero attached hydrogens (tertiary/aromatic N) is 4. The molecule has 1 atom stereocenters. The van der Waals surface area contributed by atoms with Crippen molar-refractivity contribution in [3.63, 3.8) is 0 Å². The Labute approximate surface area is 121 Å². The summed E-state index contributed by atoms with van der Waals surface area (Å²) in [7, 11) is 0. The summed E-state index contributed by atoms with van der Waals surface area (Å²) in [5.74, 6) is 0.720. The van der Waals surface area contributed by atoms with Gasteiger partial charge >= 0.3 is 0 Å². The van der Waals surface area contributed by atoms with E-state index in [0.717, 1.165) is 24.5 Å². The maximum Gasteiger partial charge on any atom is 0.173 e. The van der Waals surface area contributed by atoms with Crippen molar-refractivity contribution in [3.8, 4) is 5.69 Å². The van der Waals surface area contributed by atoms with Gasteiger partial charge in [0.05, 0.1) is 16.8 Å². The molecule has 0 bridgehead atoms. The van der Waals surface area contributed by atoms with E-state index in [9.17, 15) is 0 Å². The first-order valence-corrected chi connectivity index (χ1v) is 6.86. The molecule has 2 rings (SSSR count). The fourth-order valence-corrected chi connectivity index (χ4v) is 2.23. The molecule has 0 saturated carbocycles. The van der Waals surface area contributed by atoms with Crippen molar-refractivity contribution in [1.82, 2.24) is 25.5 Å². The van der Waals surface area contributed by atoms with E-state index in [-0.39, 0.29) is 6.04 Å². The number of hydrogen-bond donors (Lipinski definition) is 1. The lowest BCUT2D eigenvalue weighted by molar-refractivity contribution is 0.531. The first-order chi connectivity index (χ1) is 9.13. The van der Waals surface area contributed by atoms with E-state index in [1.165, 1.54) is 0 Å². The number of halogens is 2. The number of tetrazole rings is 1. The van der Waals surface area contributed by atoms with Crippen LogP contribution >= 0.6 is 23.2 Å². The van der Waals surface area contributed by atoms with Crippen molar-refractivity contribution < 1.29 is 0 Å². The molecule has 1 aromatic carbocycles. The van der Waals surface area contributed by atoms with Crippen LogP contribution < -0.4 is 5.32 Å². The Morgan fingerprint density at radius 3 is 2.84 bits per heavy atom. The number of benzene rings is 1. The van der Waals surface area contributed by atoms with Gasteiger partial charge in [0.2, 0.25) is 0 Å². The van der Waals surface area contributed by atoms with E-state index < -0.39 is 0 Å². The molecule has 2 aromatic rings. The minimum atomic E-state index is 0.0432. The van der Waals surface area contributed by atoms with Gasteiger partial charge in [0, 0.05) is 5.02 Å². The van der Waals surface area contributed by atoms with Gasteiger partial charge in [-0.3, -0.25) is 0 Å². The van der Waals surface area contributed by atoms with Crippen LogP contribution in [-0.4, -0.2) is 26.8 Å². The van der Waals surface area contributed by atoms with E-state index in [2.05, 4.69) is 27.8 Å². The van der Waals surface area contributed by atoms with Crippen LogP contribution in [0.5, 0.6) is 0 Å². The van der Waals surface area contributed by atoms with Crippen molar-refractivity contribution in [2.45, 2.75) is 26.3 Å². The second-order valence-electron chi connectivity index (χ2n) is 4.22. The van der Waals surface area contributed by atoms with Gasteiger partial charge in [-0.2, -0.15) is 4.68 Å². The van der Waals surface area contributed by atoms with E-state index in [1.54, 1.807) is 22.9 Å². The van der Waals surface area contributed by atoms with Gasteiger partial charge in [-0.05, 0) is 48.5 Å². The standard InChI is InChI=1S/C12H15Cl2N5/c1-3-6-15-8(2)12-16-17-18-19(12)11-5-4-9(13)7-10(11)14/h4-5,7-8,15H,3,6H2,1-2H3. The smallest absolute Gasteiger partial charge is 0.173 e. The maximum atomic E-state index is 6.18. The van der Waals surface area contributed by atoms with E-state index in [1.807, 2.05) is 6.92 Å². The first kappa shape index (κ1) is 14.2. The van der Waals surface area contributed by atoms with Crippen molar-refractivity contribution >= 4 is 23.2 Å². The molecule has 0 amide bonds. The number of rotatable bonds is 5. The predicted molar refractivity (Wildman–Crippen MR) is 75.9 cm³/mol. The Hall–Kier alpha value is -1.17. The quantitative estimate of drug-likeness (QED) is 0.922. The minimum Gasteiger partial charge on any atom is -0.307 e. The molecule has 19 heavy (non-hydrogen) atoms. The predicted octanol–water partition coefficient (Wildman–Crippen LogP) is 3.03. The summed E-state index contributed by atoms with van der Waals surface area (Å²) in [5.41, 5.74) is 0.719. The summed E-state index contributed by atoms with van der Waals surface area (Å²) in [6, 6.07) is 5.28. The highest BCUT2D eigenvalue weighted by Gasteiger charge is 2.16. The zero-order chi connectivity index (χ0) is 13.8. The number of aromatic nitrogens is 4. The van der Waals surface area contributed by atoms with Gasteiger partial charge < -0.3 is 5.32 Å². The molecule has 0 spiro atoms. The lowest BCUT2D eigenvalue weighted by Crippen LogP contribution is -2.22. The van der Waals surface area contributed by atoms with Gasteiger partial charge in [0.1, 0.15) is 0 Å². The summed E-state index contributed by atoms with van der Waals surface area (Å²) in [6.07, 6.45) is 1.05. The van der Waals surface area contributed by atoms with Crippen LogP contribution in [0.2, 0.25) is 10.0 Å². The fourth-order valence-electron chi connectivity index (χ4n) is 1.74. The molecule has 0 radical (unpaired) electrons. The highest BCUT2D eigenvalue weighted by atomic mass is 35.5. The molecule has 102 valence electrons. The molecule has 0 saturated heterocycles. The van der Waals surface area contributed by atoms with Crippen LogP contribution in [-0.2, 0) is 0 Å². The Bertz CT molecular complexity index is 555. The number of hydrogen-bond acceptors (Lipinski definition) is 4. The molecular weight excluding hydrogens is 285 g/mol. The molecule has 0 aliphatic rings. The maximum absolute atomic E-state index is 6.18. The lowest BCUT2D eigenvalue weighted by atomic mass is 10.2. The second kappa shape index (κ2) is 6.32. The van der Waals surface area contributed by atoms with Crippen molar-refractivity contribution in [1.29, 1.82) is 0 Å². The van der Waals surface area contributed by atoms with Crippen LogP contribution in [0, 0.1) is 0 Å². The first-order valence-electron chi connectivity index (χ1n) is 6.10. The summed E-state index contributed by atoms with van der Waals surface area (Å²) >= 11 is 12.1. The zero-order valence-corrected chi connectivity index (χ0v) is 12.3. The largest absolute Gasteiger partial charge is 0.307 e. The third-order valence-corrected chi connectivity index (χ3v) is 3.26. The third kappa shape index (κ3) is 3.23. The van der Waals surface area contributed by atoms with Crippen LogP contribution in [0.15, 0.2) is 18.2 Å². The lowest BCUT2D eigenvalue weighted by Gasteiger charge is -2.13. The molecule has 1 heterocycles. The van der Waals surface area contributed by atoms with Crippen LogP contribution in [0.25, 0.3) is 5.69 Å². The van der Waals surface area contributed by atoms with Crippen LogP contribution in [0.1, 0.15) is 32.1 Å². The Balaban J connectivity index is 2.33. The molecule has 0 aliphatic heterocycles. The van der Waals surface area contributed by atoms with Gasteiger partial charge in [-0.25, -0.2) is 0 Å². The van der Waals surface area contributed by atoms with Crippen molar-refractivity contribution in [2.75, 3.05) is 6.54 Å². The summed E-state index contributed by atoms with van der Waals surface area (Å²) in [4.78, 5) is 0. The van der Waals surface area contributed by atoms with E-state index >= 15 is 0 Å². The molecule has 0 fully saturated rings. The summed E-state index contributed by atoms with van der Waals surface area (Å²) < 4.78 is 1.63. The second-order valence-corrected chi connectivity index (χ2v) is 5.06. The van der Waals surface area contributed by atoms with E-state index in [0.29, 0.717) is 10.0 Å². The number of nitrogens with one attached hydrogen (secondary N) is 1. The molecule has 1 aromatic heterocycles. The van der Waals surface area contributed by atoms with Gasteiger partial charge in [0.25, 0.3) is 0 Å². The highest BCUT2D eigenvalue weighted by molar-refractivity contribution is 6.35. The van der Waals surface area contributed by atoms with Crippen LogP contribution in [0.4, 0.5) is 0 Å². The molecule has 5 nitrogen and oxygen atoms in total. The van der Waals surface area contributed by atoms with Gasteiger partial charge in [-0.15, -0.1) is 5.10 Å². The van der Waals surface area contributed by atoms with E-state index in [4.69, 9.17) is 23.2 Å². The van der Waals surface area contributed by atoms with Gasteiger partial charge in [-0.1, -0.05) is 30.1 Å². The third-order valence-electron chi connectivity index (χ3n) is 2.72. The highest BCUT2D eigenvalue weighted by Crippen LogP contribution is 2.25. The SMILES string of the molecule is CCCNC(C)c1nnnn1-c1ccc(Cl)cc1Cl. The monoisotopic (exact) mass is 299 g/mol. The topological polar surface area (TPSA) is 55.6 Å². The fraction of sp³-hybridized carbons (Fsp3) is 0.417. The molecular formula is C12H15Cl2N5. The Morgan fingerprint density at radius 2 is 2.16 bits per heavy atom. The average Bonchev–Trinajstić information content (AvgIpc) is 2.85. The molecule has 1 unspecified atom stereocenters. The van der Waals surface area contributed by atoms with Crippen molar-refractivity contribution in [3.05, 3.63) is 34.1 Å². The molecule has 1 N–H and O–H groups in total. The van der Waals surface area contributed by atoms with Crippen molar-refractivity contribution in [2.24, 2.45) is 0 Å².